The summed E-state index contributed by atoms with van der Waals surface area (Å²) in [5.41, 5.74) is -0.772. The number of aromatic carboxylic acids is 1. The zero-order valence-corrected chi connectivity index (χ0v) is 11.9. The van der Waals surface area contributed by atoms with E-state index >= 15 is 0 Å². The summed E-state index contributed by atoms with van der Waals surface area (Å²) in [7, 11) is -3.78. The molecule has 3 N–H and O–H groups in total. The van der Waals surface area contributed by atoms with Crippen molar-refractivity contribution in [3.8, 4) is 0 Å². The van der Waals surface area contributed by atoms with Gasteiger partial charge in [-0.25, -0.2) is 17.9 Å². The second kappa shape index (κ2) is 4.96. The van der Waals surface area contributed by atoms with Crippen LogP contribution >= 0.6 is 11.3 Å². The van der Waals surface area contributed by atoms with Crippen LogP contribution in [0.15, 0.2) is 10.3 Å². The van der Waals surface area contributed by atoms with Gasteiger partial charge in [0.15, 0.2) is 0 Å². The Hall–Kier alpha value is -0.960. The number of carboxylic acid groups (broad SMARTS) is 1. The van der Waals surface area contributed by atoms with Gasteiger partial charge in [-0.15, -0.1) is 11.3 Å². The van der Waals surface area contributed by atoms with E-state index in [9.17, 15) is 18.3 Å². The van der Waals surface area contributed by atoms with Crippen molar-refractivity contribution in [2.24, 2.45) is 0 Å². The first-order valence-corrected chi connectivity index (χ1v) is 7.39. The van der Waals surface area contributed by atoms with Crippen LogP contribution in [0.4, 0.5) is 0 Å². The minimum absolute atomic E-state index is 0.00127. The molecular formula is C10H15NO5S2. The highest BCUT2D eigenvalue weighted by atomic mass is 32.2. The zero-order chi connectivity index (χ0) is 14.1. The van der Waals surface area contributed by atoms with Crippen molar-refractivity contribution in [1.29, 1.82) is 0 Å². The average Bonchev–Trinajstić information content (AvgIpc) is 2.57. The topological polar surface area (TPSA) is 104 Å². The Labute approximate surface area is 109 Å². The van der Waals surface area contributed by atoms with Gasteiger partial charge in [0.25, 0.3) is 0 Å². The summed E-state index contributed by atoms with van der Waals surface area (Å²) in [5, 5.41) is 18.3. The molecule has 102 valence electrons. The van der Waals surface area contributed by atoms with E-state index < -0.39 is 21.6 Å². The first-order chi connectivity index (χ1) is 8.03. The first-order valence-electron chi connectivity index (χ1n) is 5.09. The summed E-state index contributed by atoms with van der Waals surface area (Å²) in [5.74, 6) is -1.15. The molecule has 0 amide bonds. The number of rotatable bonds is 5. The summed E-state index contributed by atoms with van der Waals surface area (Å²) >= 11 is 0.693. The van der Waals surface area contributed by atoms with Crippen LogP contribution in [0.1, 0.15) is 29.1 Å². The normalized spacial score (nSPS) is 12.7. The van der Waals surface area contributed by atoms with Gasteiger partial charge < -0.3 is 10.2 Å². The summed E-state index contributed by atoms with van der Waals surface area (Å²) in [6, 6.07) is 1.31. The number of sulfonamides is 1. The van der Waals surface area contributed by atoms with Gasteiger partial charge in [-0.05, 0) is 32.4 Å². The second-order valence-corrected chi connectivity index (χ2v) is 7.57. The highest BCUT2D eigenvalue weighted by molar-refractivity contribution is 7.91. The molecule has 0 saturated carbocycles. The molecule has 0 fully saturated rings. The molecule has 1 aromatic rings. The third-order valence-electron chi connectivity index (χ3n) is 2.05. The number of carbonyl (C=O) groups is 1. The molecule has 0 aliphatic heterocycles. The molecule has 6 nitrogen and oxygen atoms in total. The largest absolute Gasteiger partial charge is 0.477 e. The van der Waals surface area contributed by atoms with Crippen molar-refractivity contribution in [2.75, 3.05) is 6.54 Å². The summed E-state index contributed by atoms with van der Waals surface area (Å²) < 4.78 is 25.9. The second-order valence-electron chi connectivity index (χ2n) is 4.52. The molecule has 1 rings (SSSR count). The van der Waals surface area contributed by atoms with Crippen LogP contribution in [-0.2, 0) is 10.0 Å². The first kappa shape index (κ1) is 15.1. The molecule has 8 heteroatoms. The van der Waals surface area contributed by atoms with Crippen molar-refractivity contribution in [1.82, 2.24) is 4.72 Å². The molecule has 1 heterocycles. The lowest BCUT2D eigenvalue weighted by Crippen LogP contribution is -2.37. The van der Waals surface area contributed by atoms with Gasteiger partial charge in [-0.3, -0.25) is 0 Å². The van der Waals surface area contributed by atoms with E-state index in [1.807, 2.05) is 0 Å². The summed E-state index contributed by atoms with van der Waals surface area (Å²) in [4.78, 5) is 10.8. The number of aliphatic hydroxyl groups is 1. The fraction of sp³-hybridized carbons (Fsp3) is 0.500. The minimum Gasteiger partial charge on any atom is -0.477 e. The van der Waals surface area contributed by atoms with E-state index in [-0.39, 0.29) is 15.6 Å². The van der Waals surface area contributed by atoms with Gasteiger partial charge in [0, 0.05) is 6.54 Å². The maximum absolute atomic E-state index is 11.9. The predicted octanol–water partition coefficient (Wildman–Crippen LogP) is 0.804. The monoisotopic (exact) mass is 293 g/mol. The van der Waals surface area contributed by atoms with Crippen molar-refractivity contribution < 1.29 is 23.4 Å². The predicted molar refractivity (Wildman–Crippen MR) is 67.5 cm³/mol. The van der Waals surface area contributed by atoms with Crippen molar-refractivity contribution in [2.45, 2.75) is 30.6 Å². The van der Waals surface area contributed by atoms with Crippen LogP contribution in [0, 0.1) is 6.92 Å². The van der Waals surface area contributed by atoms with E-state index in [1.54, 1.807) is 0 Å². The van der Waals surface area contributed by atoms with Crippen LogP contribution in [0.3, 0.4) is 0 Å². The fourth-order valence-corrected chi connectivity index (χ4v) is 3.77. The maximum Gasteiger partial charge on any atom is 0.346 e. The van der Waals surface area contributed by atoms with Gasteiger partial charge >= 0.3 is 5.97 Å². The van der Waals surface area contributed by atoms with Gasteiger partial charge in [0.2, 0.25) is 10.0 Å². The number of carboxylic acids is 1. The quantitative estimate of drug-likeness (QED) is 0.745. The van der Waals surface area contributed by atoms with Gasteiger partial charge in [0.05, 0.1) is 5.60 Å². The highest BCUT2D eigenvalue weighted by Gasteiger charge is 2.23. The lowest BCUT2D eigenvalue weighted by atomic mass is 10.1. The van der Waals surface area contributed by atoms with Gasteiger partial charge in [-0.1, -0.05) is 0 Å². The molecule has 0 aromatic carbocycles. The van der Waals surface area contributed by atoms with E-state index in [0.717, 1.165) is 0 Å². The number of hydrogen-bond donors (Lipinski definition) is 3. The van der Waals surface area contributed by atoms with Crippen LogP contribution in [0.25, 0.3) is 0 Å². The Bertz CT molecular complexity index is 553. The van der Waals surface area contributed by atoms with Crippen LogP contribution < -0.4 is 4.72 Å². The van der Waals surface area contributed by atoms with E-state index in [0.29, 0.717) is 16.9 Å². The number of thiophene rings is 1. The van der Waals surface area contributed by atoms with Gasteiger partial charge in [-0.2, -0.15) is 0 Å². The smallest absolute Gasteiger partial charge is 0.346 e. The zero-order valence-electron chi connectivity index (χ0n) is 10.2. The average molecular weight is 293 g/mol. The molecule has 0 saturated heterocycles. The van der Waals surface area contributed by atoms with Crippen LogP contribution in [0.2, 0.25) is 0 Å². The lowest BCUT2D eigenvalue weighted by Gasteiger charge is -2.17. The standard InChI is InChI=1S/C10H15NO5S2/c1-6-4-7(17-8(6)9(12)13)18(15,16)11-5-10(2,3)14/h4,11,14H,5H2,1-3H3,(H,12,13). The molecule has 18 heavy (non-hydrogen) atoms. The molecule has 0 aliphatic rings. The van der Waals surface area contributed by atoms with Crippen molar-refractivity contribution in [3.63, 3.8) is 0 Å². The van der Waals surface area contributed by atoms with E-state index in [2.05, 4.69) is 4.72 Å². The third kappa shape index (κ3) is 3.77. The Morgan fingerprint density at radius 2 is 2.06 bits per heavy atom. The molecule has 0 unspecified atom stereocenters. The third-order valence-corrected chi connectivity index (χ3v) is 5.15. The molecule has 0 bridgehead atoms. The Kier molecular flexibility index (Phi) is 4.16. The Balaban J connectivity index is 2.99. The van der Waals surface area contributed by atoms with Crippen LogP contribution in [0.5, 0.6) is 0 Å². The van der Waals surface area contributed by atoms with Crippen LogP contribution in [-0.4, -0.2) is 36.7 Å². The highest BCUT2D eigenvalue weighted by Crippen LogP contribution is 2.25. The Morgan fingerprint density at radius 3 is 2.44 bits per heavy atom. The fourth-order valence-electron chi connectivity index (χ4n) is 1.14. The summed E-state index contributed by atoms with van der Waals surface area (Å²) in [6.07, 6.45) is 0. The molecular weight excluding hydrogens is 278 g/mol. The van der Waals surface area contributed by atoms with E-state index in [1.165, 1.54) is 26.8 Å². The molecule has 0 radical (unpaired) electrons. The summed E-state index contributed by atoms with van der Waals surface area (Å²) in [6.45, 7) is 4.33. The molecule has 0 aliphatic carbocycles. The Morgan fingerprint density at radius 1 is 1.50 bits per heavy atom. The van der Waals surface area contributed by atoms with E-state index in [4.69, 9.17) is 5.11 Å². The maximum atomic E-state index is 11.9. The van der Waals surface area contributed by atoms with Gasteiger partial charge in [0.1, 0.15) is 9.09 Å². The number of hydrogen-bond acceptors (Lipinski definition) is 5. The van der Waals surface area contributed by atoms with Crippen molar-refractivity contribution >= 4 is 27.3 Å². The molecule has 0 spiro atoms. The SMILES string of the molecule is Cc1cc(S(=O)(=O)NCC(C)(C)O)sc1C(=O)O. The number of aryl methyl sites for hydroxylation is 1. The molecule has 0 atom stereocenters. The number of nitrogens with one attached hydrogen (secondary N) is 1. The van der Waals surface area contributed by atoms with Crippen molar-refractivity contribution in [3.05, 3.63) is 16.5 Å². The lowest BCUT2D eigenvalue weighted by molar-refractivity contribution is 0.0701. The molecule has 1 aromatic heterocycles. The minimum atomic E-state index is -3.78.